The number of aromatic amines is 1. The van der Waals surface area contributed by atoms with E-state index >= 15 is 0 Å². The first-order valence-electron chi connectivity index (χ1n) is 6.45. The van der Waals surface area contributed by atoms with Gasteiger partial charge in [-0.1, -0.05) is 0 Å². The largest absolute Gasteiger partial charge is 0.385 e. The smallest absolute Gasteiger partial charge is 0.113 e. The SMILES string of the molecule is COCc1cc(CNC[C@]2(O)CNCCOC2)n[nH]1. The van der Waals surface area contributed by atoms with Gasteiger partial charge < -0.3 is 25.2 Å². The summed E-state index contributed by atoms with van der Waals surface area (Å²) in [4.78, 5) is 0. The average Bonchev–Trinajstić information content (AvgIpc) is 2.71. The fraction of sp³-hybridized carbons (Fsp3) is 0.750. The number of nitrogens with one attached hydrogen (secondary N) is 3. The maximum atomic E-state index is 10.3. The molecule has 7 heteroatoms. The zero-order valence-electron chi connectivity index (χ0n) is 11.2. The van der Waals surface area contributed by atoms with Gasteiger partial charge in [0.2, 0.25) is 0 Å². The number of β-amino-alcohol motifs (C(OH)–C–C–N with tert-alkyl or cyclic N) is 1. The Kier molecular flexibility index (Phi) is 5.29. The summed E-state index contributed by atoms with van der Waals surface area (Å²) in [6, 6.07) is 1.95. The van der Waals surface area contributed by atoms with Crippen LogP contribution in [0.5, 0.6) is 0 Å². The van der Waals surface area contributed by atoms with E-state index in [1.807, 2.05) is 6.07 Å². The molecule has 2 rings (SSSR count). The van der Waals surface area contributed by atoms with E-state index in [-0.39, 0.29) is 0 Å². The van der Waals surface area contributed by atoms with Crippen LogP contribution in [-0.4, -0.2) is 60.9 Å². The lowest BCUT2D eigenvalue weighted by Crippen LogP contribution is -2.50. The van der Waals surface area contributed by atoms with Crippen molar-refractivity contribution in [2.24, 2.45) is 0 Å². The van der Waals surface area contributed by atoms with E-state index in [0.717, 1.165) is 17.9 Å². The van der Waals surface area contributed by atoms with Crippen LogP contribution in [-0.2, 0) is 22.6 Å². The van der Waals surface area contributed by atoms with Gasteiger partial charge in [0.15, 0.2) is 0 Å². The van der Waals surface area contributed by atoms with Crippen molar-refractivity contribution in [3.8, 4) is 0 Å². The number of H-pyrrole nitrogens is 1. The van der Waals surface area contributed by atoms with Crippen LogP contribution in [0.3, 0.4) is 0 Å². The summed E-state index contributed by atoms with van der Waals surface area (Å²) in [5.74, 6) is 0. The highest BCUT2D eigenvalue weighted by atomic mass is 16.5. The molecule has 0 spiro atoms. The third kappa shape index (κ3) is 4.55. The highest BCUT2D eigenvalue weighted by Gasteiger charge is 2.28. The minimum Gasteiger partial charge on any atom is -0.385 e. The topological polar surface area (TPSA) is 91.4 Å². The van der Waals surface area contributed by atoms with Crippen LogP contribution in [0, 0.1) is 0 Å². The maximum Gasteiger partial charge on any atom is 0.113 e. The molecule has 0 amide bonds. The summed E-state index contributed by atoms with van der Waals surface area (Å²) in [5.41, 5.74) is 0.984. The minimum absolute atomic E-state index is 0.350. The minimum atomic E-state index is -0.859. The van der Waals surface area contributed by atoms with Crippen LogP contribution in [0.2, 0.25) is 0 Å². The molecule has 4 N–H and O–H groups in total. The Bertz CT molecular complexity index is 375. The van der Waals surface area contributed by atoms with E-state index in [4.69, 9.17) is 9.47 Å². The summed E-state index contributed by atoms with van der Waals surface area (Å²) < 4.78 is 10.4. The van der Waals surface area contributed by atoms with E-state index in [9.17, 15) is 5.11 Å². The second kappa shape index (κ2) is 6.97. The van der Waals surface area contributed by atoms with E-state index in [1.165, 1.54) is 0 Å². The molecule has 1 aromatic heterocycles. The number of rotatable bonds is 6. The van der Waals surface area contributed by atoms with Crippen LogP contribution in [0.25, 0.3) is 0 Å². The van der Waals surface area contributed by atoms with Gasteiger partial charge in [-0.2, -0.15) is 5.10 Å². The fourth-order valence-electron chi connectivity index (χ4n) is 2.04. The molecule has 1 aliphatic heterocycles. The van der Waals surface area contributed by atoms with Crippen molar-refractivity contribution in [1.29, 1.82) is 0 Å². The molecule has 1 aliphatic rings. The van der Waals surface area contributed by atoms with Crippen LogP contribution >= 0.6 is 0 Å². The third-order valence-electron chi connectivity index (χ3n) is 2.99. The van der Waals surface area contributed by atoms with Crippen molar-refractivity contribution in [3.63, 3.8) is 0 Å². The lowest BCUT2D eigenvalue weighted by Gasteiger charge is -2.25. The van der Waals surface area contributed by atoms with Gasteiger partial charge >= 0.3 is 0 Å². The average molecular weight is 270 g/mol. The second-order valence-electron chi connectivity index (χ2n) is 4.87. The monoisotopic (exact) mass is 270 g/mol. The van der Waals surface area contributed by atoms with Crippen molar-refractivity contribution in [2.75, 3.05) is 40.0 Å². The lowest BCUT2D eigenvalue weighted by atomic mass is 10.1. The first-order valence-corrected chi connectivity index (χ1v) is 6.45. The first-order chi connectivity index (χ1) is 9.22. The second-order valence-corrected chi connectivity index (χ2v) is 4.87. The highest BCUT2D eigenvalue weighted by molar-refractivity contribution is 5.07. The molecule has 19 heavy (non-hydrogen) atoms. The molecular weight excluding hydrogens is 248 g/mol. The molecule has 2 heterocycles. The highest BCUT2D eigenvalue weighted by Crippen LogP contribution is 2.06. The zero-order valence-corrected chi connectivity index (χ0v) is 11.2. The normalized spacial score (nSPS) is 24.3. The number of nitrogens with zero attached hydrogens (tertiary/aromatic N) is 1. The molecule has 1 atom stereocenters. The van der Waals surface area contributed by atoms with Gasteiger partial charge in [-0.3, -0.25) is 5.10 Å². The molecular formula is C12H22N4O3. The first kappa shape index (κ1) is 14.4. The molecule has 1 saturated heterocycles. The van der Waals surface area contributed by atoms with Crippen molar-refractivity contribution in [2.45, 2.75) is 18.8 Å². The van der Waals surface area contributed by atoms with Crippen molar-refractivity contribution in [1.82, 2.24) is 20.8 Å². The Hall–Kier alpha value is -0.990. The van der Waals surface area contributed by atoms with Crippen molar-refractivity contribution in [3.05, 3.63) is 17.5 Å². The molecule has 7 nitrogen and oxygen atoms in total. The Morgan fingerprint density at radius 1 is 1.63 bits per heavy atom. The molecule has 0 unspecified atom stereocenters. The predicted molar refractivity (Wildman–Crippen MR) is 69.6 cm³/mol. The van der Waals surface area contributed by atoms with E-state index in [0.29, 0.717) is 39.5 Å². The molecule has 1 fully saturated rings. The number of hydrogen-bond donors (Lipinski definition) is 4. The molecule has 108 valence electrons. The van der Waals surface area contributed by atoms with Crippen molar-refractivity contribution < 1.29 is 14.6 Å². The Morgan fingerprint density at radius 3 is 3.37 bits per heavy atom. The van der Waals surface area contributed by atoms with Gasteiger partial charge in [-0.25, -0.2) is 0 Å². The zero-order chi connectivity index (χ0) is 13.6. The quantitative estimate of drug-likeness (QED) is 0.530. The summed E-state index contributed by atoms with van der Waals surface area (Å²) in [5, 5.41) is 23.7. The van der Waals surface area contributed by atoms with E-state index in [2.05, 4.69) is 20.8 Å². The standard InChI is InChI=1S/C12H22N4O3/c1-18-6-11-4-10(15-16-11)5-14-8-12(17)7-13-2-3-19-9-12/h4,13-14,17H,2-3,5-9H2,1H3,(H,15,16)/t12-/m1/s1. The number of hydrogen-bond acceptors (Lipinski definition) is 6. The summed E-state index contributed by atoms with van der Waals surface area (Å²) in [7, 11) is 1.65. The fourth-order valence-corrected chi connectivity index (χ4v) is 2.04. The molecule has 0 saturated carbocycles. The number of ether oxygens (including phenoxy) is 2. The van der Waals surface area contributed by atoms with Crippen LogP contribution in [0.1, 0.15) is 11.4 Å². The van der Waals surface area contributed by atoms with Gasteiger partial charge in [0, 0.05) is 33.3 Å². The Labute approximate surface area is 112 Å². The summed E-state index contributed by atoms with van der Waals surface area (Å²) in [6.45, 7) is 3.89. The maximum absolute atomic E-state index is 10.3. The molecule has 0 aliphatic carbocycles. The van der Waals surface area contributed by atoms with E-state index < -0.39 is 5.60 Å². The Morgan fingerprint density at radius 2 is 2.53 bits per heavy atom. The lowest BCUT2D eigenvalue weighted by molar-refractivity contribution is -0.0264. The summed E-state index contributed by atoms with van der Waals surface area (Å²) >= 11 is 0. The molecule has 0 aromatic carbocycles. The predicted octanol–water partition coefficient (Wildman–Crippen LogP) is -1.00. The van der Waals surface area contributed by atoms with Crippen LogP contribution in [0.15, 0.2) is 6.07 Å². The van der Waals surface area contributed by atoms with E-state index in [1.54, 1.807) is 7.11 Å². The van der Waals surface area contributed by atoms with Gasteiger partial charge in [0.25, 0.3) is 0 Å². The number of aromatic nitrogens is 2. The van der Waals surface area contributed by atoms with Gasteiger partial charge in [0.05, 0.1) is 31.2 Å². The van der Waals surface area contributed by atoms with Gasteiger partial charge in [-0.15, -0.1) is 0 Å². The van der Waals surface area contributed by atoms with Gasteiger partial charge in [0.1, 0.15) is 5.60 Å². The third-order valence-corrected chi connectivity index (χ3v) is 2.99. The number of aliphatic hydroxyl groups is 1. The number of methoxy groups -OCH3 is 1. The van der Waals surface area contributed by atoms with Crippen LogP contribution < -0.4 is 10.6 Å². The Balaban J connectivity index is 1.75. The van der Waals surface area contributed by atoms with Crippen LogP contribution in [0.4, 0.5) is 0 Å². The molecule has 0 bridgehead atoms. The molecule has 1 aromatic rings. The molecule has 0 radical (unpaired) electrons. The van der Waals surface area contributed by atoms with Crippen molar-refractivity contribution >= 4 is 0 Å². The van der Waals surface area contributed by atoms with Gasteiger partial charge in [-0.05, 0) is 6.07 Å². The summed E-state index contributed by atoms with van der Waals surface area (Å²) in [6.07, 6.45) is 0.